The van der Waals surface area contributed by atoms with Crippen LogP contribution in [0.2, 0.25) is 0 Å². The van der Waals surface area contributed by atoms with E-state index in [9.17, 15) is 14.4 Å². The summed E-state index contributed by atoms with van der Waals surface area (Å²) in [5.41, 5.74) is 3.55. The van der Waals surface area contributed by atoms with Crippen LogP contribution in [0.1, 0.15) is 18.1 Å². The molecule has 0 spiro atoms. The lowest BCUT2D eigenvalue weighted by molar-refractivity contribution is -0.131. The molecule has 0 aromatic heterocycles. The second-order valence-electron chi connectivity index (χ2n) is 6.24. The highest BCUT2D eigenvalue weighted by atomic mass is 32.2. The van der Waals surface area contributed by atoms with Crippen molar-refractivity contribution in [1.29, 1.82) is 0 Å². The molecule has 2 aromatic carbocycles. The van der Waals surface area contributed by atoms with Crippen molar-refractivity contribution < 1.29 is 19.5 Å². The van der Waals surface area contributed by atoms with Gasteiger partial charge in [-0.25, -0.2) is 4.79 Å². The van der Waals surface area contributed by atoms with Gasteiger partial charge in [0, 0.05) is 28.4 Å². The number of aliphatic carboxylic acids is 1. The van der Waals surface area contributed by atoms with Gasteiger partial charge in [-0.3, -0.25) is 9.59 Å². The van der Waals surface area contributed by atoms with Crippen molar-refractivity contribution in [2.75, 3.05) is 10.6 Å². The second kappa shape index (κ2) is 9.75. The first-order valence-electron chi connectivity index (χ1n) is 8.61. The number of benzene rings is 2. The Morgan fingerprint density at radius 2 is 1.68 bits per heavy atom. The minimum Gasteiger partial charge on any atom is -0.478 e. The Kier molecular flexibility index (Phi) is 7.40. The molecule has 2 amide bonds. The number of carbonyl (C=O) groups is 3. The number of nitrogens with one attached hydrogen (secondary N) is 2. The van der Waals surface area contributed by atoms with E-state index in [1.807, 2.05) is 45.0 Å². The highest BCUT2D eigenvalue weighted by Crippen LogP contribution is 2.27. The summed E-state index contributed by atoms with van der Waals surface area (Å²) in [4.78, 5) is 35.4. The van der Waals surface area contributed by atoms with Crippen molar-refractivity contribution in [3.05, 3.63) is 65.7 Å². The largest absolute Gasteiger partial charge is 0.478 e. The molecule has 1 atom stereocenters. The number of thioether (sulfide) groups is 1. The predicted molar refractivity (Wildman–Crippen MR) is 112 cm³/mol. The van der Waals surface area contributed by atoms with Gasteiger partial charge in [-0.05, 0) is 62.2 Å². The van der Waals surface area contributed by atoms with E-state index in [1.54, 1.807) is 18.2 Å². The minimum atomic E-state index is -1.19. The summed E-state index contributed by atoms with van der Waals surface area (Å²) in [7, 11) is 0. The maximum atomic E-state index is 12.5. The SMILES string of the molecule is Cc1ccc(NC(=O)C(C)Sc2cccc(NC(=O)/C=C/C(=O)O)c2)cc1C. The smallest absolute Gasteiger partial charge is 0.328 e. The van der Waals surface area contributed by atoms with E-state index in [4.69, 9.17) is 5.11 Å². The van der Waals surface area contributed by atoms with Crippen LogP contribution >= 0.6 is 11.8 Å². The number of anilines is 2. The van der Waals surface area contributed by atoms with Crippen molar-refractivity contribution in [3.8, 4) is 0 Å². The molecule has 0 saturated carbocycles. The van der Waals surface area contributed by atoms with E-state index in [0.29, 0.717) is 5.69 Å². The lowest BCUT2D eigenvalue weighted by Gasteiger charge is -2.13. The molecule has 28 heavy (non-hydrogen) atoms. The molecule has 0 radical (unpaired) electrons. The maximum absolute atomic E-state index is 12.5. The van der Waals surface area contributed by atoms with E-state index < -0.39 is 11.9 Å². The first-order chi connectivity index (χ1) is 13.2. The van der Waals surface area contributed by atoms with Crippen LogP contribution in [0.4, 0.5) is 11.4 Å². The van der Waals surface area contributed by atoms with Gasteiger partial charge in [0.05, 0.1) is 5.25 Å². The molecule has 0 aliphatic rings. The lowest BCUT2D eigenvalue weighted by atomic mass is 10.1. The van der Waals surface area contributed by atoms with E-state index in [-0.39, 0.29) is 11.2 Å². The third kappa shape index (κ3) is 6.59. The van der Waals surface area contributed by atoms with Gasteiger partial charge in [-0.1, -0.05) is 12.1 Å². The summed E-state index contributed by atoms with van der Waals surface area (Å²) in [6.07, 6.45) is 1.72. The monoisotopic (exact) mass is 398 g/mol. The van der Waals surface area contributed by atoms with Crippen LogP contribution in [0.15, 0.2) is 59.5 Å². The van der Waals surface area contributed by atoms with Crippen LogP contribution in [-0.4, -0.2) is 28.1 Å². The topological polar surface area (TPSA) is 95.5 Å². The number of rotatable bonds is 7. The molecular weight excluding hydrogens is 376 g/mol. The third-order valence-electron chi connectivity index (χ3n) is 3.94. The van der Waals surface area contributed by atoms with Crippen molar-refractivity contribution in [3.63, 3.8) is 0 Å². The summed E-state index contributed by atoms with van der Waals surface area (Å²) in [5, 5.41) is 13.7. The Labute approximate surface area is 168 Å². The van der Waals surface area contributed by atoms with Crippen molar-refractivity contribution >= 4 is 40.9 Å². The van der Waals surface area contributed by atoms with Crippen LogP contribution in [0.5, 0.6) is 0 Å². The molecule has 0 fully saturated rings. The number of amides is 2. The van der Waals surface area contributed by atoms with Crippen molar-refractivity contribution in [2.45, 2.75) is 30.9 Å². The molecule has 1 unspecified atom stereocenters. The molecule has 0 heterocycles. The number of hydrogen-bond donors (Lipinski definition) is 3. The number of aryl methyl sites for hydroxylation is 2. The standard InChI is InChI=1S/C21H22N2O4S/c1-13-7-8-17(11-14(13)2)23-21(27)15(3)28-18-6-4-5-16(12-18)22-19(24)9-10-20(25)26/h4-12,15H,1-3H3,(H,22,24)(H,23,27)(H,25,26)/b10-9+. The second-order valence-corrected chi connectivity index (χ2v) is 7.65. The average molecular weight is 398 g/mol. The third-order valence-corrected chi connectivity index (χ3v) is 5.03. The van der Waals surface area contributed by atoms with E-state index in [1.165, 1.54) is 11.8 Å². The lowest BCUT2D eigenvalue weighted by Crippen LogP contribution is -2.22. The fraction of sp³-hybridized carbons (Fsp3) is 0.190. The maximum Gasteiger partial charge on any atom is 0.328 e. The fourth-order valence-electron chi connectivity index (χ4n) is 2.30. The van der Waals surface area contributed by atoms with E-state index in [0.717, 1.165) is 33.9 Å². The van der Waals surface area contributed by atoms with Crippen molar-refractivity contribution in [1.82, 2.24) is 0 Å². The van der Waals surface area contributed by atoms with Gasteiger partial charge in [0.1, 0.15) is 0 Å². The van der Waals surface area contributed by atoms with Crippen molar-refractivity contribution in [2.24, 2.45) is 0 Å². The zero-order chi connectivity index (χ0) is 20.7. The number of hydrogen-bond acceptors (Lipinski definition) is 4. The molecule has 0 aliphatic heterocycles. The Balaban J connectivity index is 1.98. The normalized spacial score (nSPS) is 11.8. The highest BCUT2D eigenvalue weighted by Gasteiger charge is 2.15. The van der Waals surface area contributed by atoms with Gasteiger partial charge < -0.3 is 15.7 Å². The summed E-state index contributed by atoms with van der Waals surface area (Å²) in [6, 6.07) is 12.8. The fourth-order valence-corrected chi connectivity index (χ4v) is 3.23. The highest BCUT2D eigenvalue weighted by molar-refractivity contribution is 8.00. The molecule has 0 bridgehead atoms. The minimum absolute atomic E-state index is 0.118. The summed E-state index contributed by atoms with van der Waals surface area (Å²) >= 11 is 1.36. The zero-order valence-corrected chi connectivity index (χ0v) is 16.7. The van der Waals surface area contributed by atoms with Crippen LogP contribution in [0, 0.1) is 13.8 Å². The van der Waals surface area contributed by atoms with Gasteiger partial charge in [0.2, 0.25) is 11.8 Å². The molecule has 0 aliphatic carbocycles. The Morgan fingerprint density at radius 1 is 0.964 bits per heavy atom. The van der Waals surface area contributed by atoms with Crippen LogP contribution < -0.4 is 10.6 Å². The molecule has 0 saturated heterocycles. The van der Waals surface area contributed by atoms with Gasteiger partial charge in [-0.15, -0.1) is 11.8 Å². The van der Waals surface area contributed by atoms with Gasteiger partial charge in [0.15, 0.2) is 0 Å². The zero-order valence-electron chi connectivity index (χ0n) is 15.9. The molecular formula is C21H22N2O4S. The molecule has 7 heteroatoms. The van der Waals surface area contributed by atoms with Crippen LogP contribution in [0.25, 0.3) is 0 Å². The molecule has 3 N–H and O–H groups in total. The molecule has 2 rings (SSSR count). The van der Waals surface area contributed by atoms with Gasteiger partial charge >= 0.3 is 5.97 Å². The first-order valence-corrected chi connectivity index (χ1v) is 9.49. The predicted octanol–water partition coefficient (Wildman–Crippen LogP) is 4.00. The quantitative estimate of drug-likeness (QED) is 0.484. The number of carboxylic acid groups (broad SMARTS) is 1. The molecule has 2 aromatic rings. The van der Waals surface area contributed by atoms with Crippen LogP contribution in [-0.2, 0) is 14.4 Å². The summed E-state index contributed by atoms with van der Waals surface area (Å²) in [5.74, 6) is -1.85. The Morgan fingerprint density at radius 3 is 2.36 bits per heavy atom. The average Bonchev–Trinajstić information content (AvgIpc) is 2.63. The van der Waals surface area contributed by atoms with E-state index >= 15 is 0 Å². The van der Waals surface area contributed by atoms with Gasteiger partial charge in [-0.2, -0.15) is 0 Å². The van der Waals surface area contributed by atoms with Crippen LogP contribution in [0.3, 0.4) is 0 Å². The molecule has 6 nitrogen and oxygen atoms in total. The Hall–Kier alpha value is -3.06. The number of carboxylic acids is 1. The summed E-state index contributed by atoms with van der Waals surface area (Å²) < 4.78 is 0. The van der Waals surface area contributed by atoms with Gasteiger partial charge in [0.25, 0.3) is 0 Å². The molecule has 146 valence electrons. The van der Waals surface area contributed by atoms with E-state index in [2.05, 4.69) is 10.6 Å². The number of carbonyl (C=O) groups excluding carboxylic acids is 2. The summed E-state index contributed by atoms with van der Waals surface area (Å²) in [6.45, 7) is 5.82. The first kappa shape index (κ1) is 21.2. The Bertz CT molecular complexity index is 924.